The molecule has 0 fully saturated rings. The third-order valence-corrected chi connectivity index (χ3v) is 3.53. The maximum Gasteiger partial charge on any atom is 0.256 e. The highest BCUT2D eigenvalue weighted by atomic mass is 16.3. The molecule has 0 radical (unpaired) electrons. The van der Waals surface area contributed by atoms with Gasteiger partial charge in [-0.1, -0.05) is 0 Å². The molecule has 1 aromatic heterocycles. The van der Waals surface area contributed by atoms with Crippen LogP contribution in [0.1, 0.15) is 21.5 Å². The third kappa shape index (κ3) is 2.35. The van der Waals surface area contributed by atoms with Crippen molar-refractivity contribution in [2.24, 2.45) is 0 Å². The summed E-state index contributed by atoms with van der Waals surface area (Å²) in [5, 5.41) is 29.4. The van der Waals surface area contributed by atoms with Crippen molar-refractivity contribution in [2.75, 3.05) is 5.32 Å². The van der Waals surface area contributed by atoms with Gasteiger partial charge in [-0.2, -0.15) is 5.10 Å². The van der Waals surface area contributed by atoms with Gasteiger partial charge in [0.05, 0.1) is 5.52 Å². The van der Waals surface area contributed by atoms with Gasteiger partial charge in [0.15, 0.2) is 5.82 Å². The average Bonchev–Trinajstić information content (AvgIpc) is 2.86. The normalized spacial score (nSPS) is 10.8. The number of benzene rings is 2. The fourth-order valence-corrected chi connectivity index (χ4v) is 2.37. The van der Waals surface area contributed by atoms with Gasteiger partial charge in [-0.15, -0.1) is 0 Å². The van der Waals surface area contributed by atoms with E-state index in [0.717, 1.165) is 0 Å². The van der Waals surface area contributed by atoms with E-state index >= 15 is 0 Å². The topological polar surface area (TPSA) is 98.2 Å². The molecule has 4 N–H and O–H groups in total. The zero-order valence-corrected chi connectivity index (χ0v) is 12.1. The van der Waals surface area contributed by atoms with Gasteiger partial charge in [-0.05, 0) is 49.2 Å². The van der Waals surface area contributed by atoms with Crippen molar-refractivity contribution >= 4 is 22.6 Å². The molecular formula is C16H15N3O3. The van der Waals surface area contributed by atoms with Gasteiger partial charge in [0.25, 0.3) is 5.91 Å². The summed E-state index contributed by atoms with van der Waals surface area (Å²) >= 11 is 0. The monoisotopic (exact) mass is 297 g/mol. The smallest absolute Gasteiger partial charge is 0.256 e. The lowest BCUT2D eigenvalue weighted by Crippen LogP contribution is -2.13. The lowest BCUT2D eigenvalue weighted by molar-refractivity contribution is 0.102. The molecule has 3 rings (SSSR count). The van der Waals surface area contributed by atoms with E-state index in [0.29, 0.717) is 33.4 Å². The molecule has 112 valence electrons. The summed E-state index contributed by atoms with van der Waals surface area (Å²) in [5.41, 5.74) is 2.36. The second-order valence-corrected chi connectivity index (χ2v) is 5.21. The molecule has 0 saturated carbocycles. The molecule has 0 atom stereocenters. The number of hydrogen-bond donors (Lipinski definition) is 4. The van der Waals surface area contributed by atoms with Crippen LogP contribution in [0, 0.1) is 13.8 Å². The highest BCUT2D eigenvalue weighted by Crippen LogP contribution is 2.26. The van der Waals surface area contributed by atoms with Crippen molar-refractivity contribution in [2.45, 2.75) is 13.8 Å². The Balaban J connectivity index is 1.93. The number of H-pyrrole nitrogens is 1. The fraction of sp³-hybridized carbons (Fsp3) is 0.125. The molecule has 6 heteroatoms. The summed E-state index contributed by atoms with van der Waals surface area (Å²) < 4.78 is 0. The van der Waals surface area contributed by atoms with Gasteiger partial charge in [0, 0.05) is 17.0 Å². The number of phenols is 2. The predicted molar refractivity (Wildman–Crippen MR) is 83.3 cm³/mol. The second kappa shape index (κ2) is 5.07. The largest absolute Gasteiger partial charge is 0.508 e. The number of fused-ring (bicyclic) bond motifs is 1. The molecule has 0 aliphatic rings. The number of nitrogens with zero attached hydrogens (tertiary/aromatic N) is 1. The Bertz CT molecular complexity index is 860. The van der Waals surface area contributed by atoms with E-state index in [1.807, 2.05) is 0 Å². The highest BCUT2D eigenvalue weighted by molar-refractivity contribution is 6.08. The van der Waals surface area contributed by atoms with E-state index in [1.54, 1.807) is 32.0 Å². The van der Waals surface area contributed by atoms with Crippen molar-refractivity contribution in [3.63, 3.8) is 0 Å². The number of aromatic hydroxyl groups is 2. The number of carbonyl (C=O) groups is 1. The first-order valence-electron chi connectivity index (χ1n) is 6.74. The Labute approximate surface area is 126 Å². The maximum atomic E-state index is 12.3. The minimum Gasteiger partial charge on any atom is -0.508 e. The molecule has 1 heterocycles. The summed E-state index contributed by atoms with van der Waals surface area (Å²) in [5.74, 6) is 0.395. The molecule has 0 unspecified atom stereocenters. The highest BCUT2D eigenvalue weighted by Gasteiger charge is 2.13. The molecule has 22 heavy (non-hydrogen) atoms. The van der Waals surface area contributed by atoms with E-state index in [1.165, 1.54) is 12.1 Å². The Kier molecular flexibility index (Phi) is 3.21. The molecule has 0 aliphatic heterocycles. The van der Waals surface area contributed by atoms with Crippen molar-refractivity contribution in [3.8, 4) is 11.5 Å². The van der Waals surface area contributed by atoms with Crippen molar-refractivity contribution in [1.82, 2.24) is 10.2 Å². The van der Waals surface area contributed by atoms with Gasteiger partial charge in [-0.25, -0.2) is 0 Å². The quantitative estimate of drug-likeness (QED) is 0.584. The van der Waals surface area contributed by atoms with Crippen LogP contribution in [-0.2, 0) is 0 Å². The van der Waals surface area contributed by atoms with Crippen LogP contribution in [0.4, 0.5) is 5.82 Å². The molecule has 3 aromatic rings. The van der Waals surface area contributed by atoms with Crippen LogP contribution in [0.25, 0.3) is 10.9 Å². The Hall–Kier alpha value is -3.02. The van der Waals surface area contributed by atoms with E-state index in [2.05, 4.69) is 15.5 Å². The summed E-state index contributed by atoms with van der Waals surface area (Å²) in [6.45, 7) is 3.48. The average molecular weight is 297 g/mol. The number of phenolic OH excluding ortho intramolecular Hbond substituents is 2. The van der Waals surface area contributed by atoms with Gasteiger partial charge >= 0.3 is 0 Å². The van der Waals surface area contributed by atoms with E-state index in [-0.39, 0.29) is 17.4 Å². The first-order chi connectivity index (χ1) is 10.5. The van der Waals surface area contributed by atoms with Gasteiger partial charge in [0.1, 0.15) is 11.5 Å². The van der Waals surface area contributed by atoms with Crippen LogP contribution in [-0.4, -0.2) is 26.3 Å². The number of nitrogens with one attached hydrogen (secondary N) is 2. The number of anilines is 1. The summed E-state index contributed by atoms with van der Waals surface area (Å²) in [7, 11) is 0. The third-order valence-electron chi connectivity index (χ3n) is 3.53. The Morgan fingerprint density at radius 3 is 2.50 bits per heavy atom. The molecule has 0 saturated heterocycles. The summed E-state index contributed by atoms with van der Waals surface area (Å²) in [6, 6.07) is 7.99. The number of rotatable bonds is 2. The SMILES string of the molecule is Cc1cc(C(=O)Nc2n[nH]c3cc(O)ccc23)cc(C)c1O. The summed E-state index contributed by atoms with van der Waals surface area (Å²) in [4.78, 5) is 12.3. The number of amides is 1. The second-order valence-electron chi connectivity index (χ2n) is 5.21. The van der Waals surface area contributed by atoms with E-state index in [4.69, 9.17) is 0 Å². The van der Waals surface area contributed by atoms with Crippen LogP contribution in [0.2, 0.25) is 0 Å². The molecule has 0 aliphatic carbocycles. The standard InChI is InChI=1S/C16H15N3O3/c1-8-5-10(6-9(2)14(8)21)16(22)17-15-12-4-3-11(20)7-13(12)18-19-15/h3-7,20-21H,1-2H3,(H2,17,18,19,22). The maximum absolute atomic E-state index is 12.3. The lowest BCUT2D eigenvalue weighted by Gasteiger charge is -2.08. The van der Waals surface area contributed by atoms with Crippen LogP contribution >= 0.6 is 0 Å². The zero-order valence-electron chi connectivity index (χ0n) is 12.1. The van der Waals surface area contributed by atoms with E-state index < -0.39 is 0 Å². The number of aromatic nitrogens is 2. The minimum atomic E-state index is -0.312. The number of aryl methyl sites for hydroxylation is 2. The van der Waals surface area contributed by atoms with Crippen molar-refractivity contribution in [1.29, 1.82) is 0 Å². The molecule has 0 spiro atoms. The Morgan fingerprint density at radius 2 is 1.82 bits per heavy atom. The molecule has 1 amide bonds. The van der Waals surface area contributed by atoms with Crippen LogP contribution in [0.5, 0.6) is 11.5 Å². The Morgan fingerprint density at radius 1 is 1.14 bits per heavy atom. The molecule has 6 nitrogen and oxygen atoms in total. The van der Waals surface area contributed by atoms with E-state index in [9.17, 15) is 15.0 Å². The summed E-state index contributed by atoms with van der Waals surface area (Å²) in [6.07, 6.45) is 0. The zero-order chi connectivity index (χ0) is 15.9. The molecular weight excluding hydrogens is 282 g/mol. The first-order valence-corrected chi connectivity index (χ1v) is 6.74. The van der Waals surface area contributed by atoms with Crippen LogP contribution in [0.3, 0.4) is 0 Å². The van der Waals surface area contributed by atoms with Gasteiger partial charge in [0.2, 0.25) is 0 Å². The minimum absolute atomic E-state index is 0.124. The number of hydrogen-bond acceptors (Lipinski definition) is 4. The fourth-order valence-electron chi connectivity index (χ4n) is 2.37. The van der Waals surface area contributed by atoms with Crippen LogP contribution in [0.15, 0.2) is 30.3 Å². The number of aromatic amines is 1. The van der Waals surface area contributed by atoms with Gasteiger partial charge in [-0.3, -0.25) is 9.89 Å². The van der Waals surface area contributed by atoms with Crippen molar-refractivity contribution in [3.05, 3.63) is 47.0 Å². The first kappa shape index (κ1) is 13.9. The number of carbonyl (C=O) groups excluding carboxylic acids is 1. The predicted octanol–water partition coefficient (Wildman–Crippen LogP) is 2.84. The van der Waals surface area contributed by atoms with Gasteiger partial charge < -0.3 is 15.5 Å². The molecule has 0 bridgehead atoms. The van der Waals surface area contributed by atoms with Crippen LogP contribution < -0.4 is 5.32 Å². The lowest BCUT2D eigenvalue weighted by atomic mass is 10.1. The molecule has 2 aromatic carbocycles. The van der Waals surface area contributed by atoms with Crippen molar-refractivity contribution < 1.29 is 15.0 Å².